The maximum atomic E-state index is 11.9. The summed E-state index contributed by atoms with van der Waals surface area (Å²) in [5.41, 5.74) is 8.03. The summed E-state index contributed by atoms with van der Waals surface area (Å²) >= 11 is 0. The van der Waals surface area contributed by atoms with Gasteiger partial charge >= 0.3 is 6.01 Å². The number of ether oxygens (including phenoxy) is 1. The van der Waals surface area contributed by atoms with Gasteiger partial charge in [-0.2, -0.15) is 4.98 Å². The van der Waals surface area contributed by atoms with E-state index in [4.69, 9.17) is 19.9 Å². The predicted molar refractivity (Wildman–Crippen MR) is 120 cm³/mol. The molecule has 1 amide bonds. The van der Waals surface area contributed by atoms with Crippen molar-refractivity contribution in [2.75, 3.05) is 19.1 Å². The van der Waals surface area contributed by atoms with Gasteiger partial charge in [0.05, 0.1) is 12.7 Å². The highest BCUT2D eigenvalue weighted by Gasteiger charge is 2.40. The van der Waals surface area contributed by atoms with Gasteiger partial charge in [0.15, 0.2) is 5.58 Å². The highest BCUT2D eigenvalue weighted by Crippen LogP contribution is 2.40. The third kappa shape index (κ3) is 3.53. The molecule has 3 aromatic rings. The molecule has 2 saturated heterocycles. The van der Waals surface area contributed by atoms with Crippen molar-refractivity contribution in [2.24, 2.45) is 5.73 Å². The number of fused-ring (bicyclic) bond motifs is 3. The second-order valence-corrected chi connectivity index (χ2v) is 8.61. The van der Waals surface area contributed by atoms with Crippen LogP contribution in [0.1, 0.15) is 42.5 Å². The number of anilines is 2. The van der Waals surface area contributed by atoms with Crippen molar-refractivity contribution in [3.8, 4) is 5.75 Å². The lowest BCUT2D eigenvalue weighted by Crippen LogP contribution is -2.54. The van der Waals surface area contributed by atoms with Crippen LogP contribution in [0, 0.1) is 0 Å². The molecule has 162 valence electrons. The summed E-state index contributed by atoms with van der Waals surface area (Å²) < 4.78 is 11.5. The molecule has 5 rings (SSSR count). The molecular weight excluding hydrogens is 392 g/mol. The Bertz CT molecular complexity index is 1080. The molecule has 2 fully saturated rings. The standard InChI is InChI=1S/C24H28N4O3/c1-27-16-5-3-6-17(27)14-18(13-16)28(15-9-11-19(30-2)12-10-15)24-26-22-20(23(25)29)7-4-8-21(22)31-24/h4,7-12,16-18H,3,5-6,13-14H2,1-2H3,(H2,25,29). The Kier molecular flexibility index (Phi) is 5.06. The zero-order valence-electron chi connectivity index (χ0n) is 18.0. The first-order valence-corrected chi connectivity index (χ1v) is 10.9. The molecule has 2 aliphatic rings. The number of nitrogens with two attached hydrogens (primary N) is 1. The maximum Gasteiger partial charge on any atom is 0.303 e. The fourth-order valence-electron chi connectivity index (χ4n) is 5.26. The van der Waals surface area contributed by atoms with E-state index >= 15 is 0 Å². The summed E-state index contributed by atoms with van der Waals surface area (Å²) in [4.78, 5) is 21.4. The van der Waals surface area contributed by atoms with Crippen molar-refractivity contribution in [2.45, 2.75) is 50.2 Å². The number of amides is 1. The Morgan fingerprint density at radius 3 is 2.52 bits per heavy atom. The summed E-state index contributed by atoms with van der Waals surface area (Å²) in [7, 11) is 3.91. The quantitative estimate of drug-likeness (QED) is 0.669. The van der Waals surface area contributed by atoms with Gasteiger partial charge in [-0.15, -0.1) is 0 Å². The van der Waals surface area contributed by atoms with Crippen LogP contribution >= 0.6 is 0 Å². The van der Waals surface area contributed by atoms with E-state index in [-0.39, 0.29) is 6.04 Å². The SMILES string of the molecule is COc1ccc(N(c2nc3c(C(N)=O)cccc3o2)C2CC3CCCC(C2)N3C)cc1. The number of piperidine rings is 2. The van der Waals surface area contributed by atoms with Crippen LogP contribution in [0.25, 0.3) is 11.1 Å². The number of hydrogen-bond donors (Lipinski definition) is 1. The normalized spacial score (nSPS) is 23.6. The number of aromatic nitrogens is 1. The fraction of sp³-hybridized carbons (Fsp3) is 0.417. The van der Waals surface area contributed by atoms with Crippen LogP contribution in [0.2, 0.25) is 0 Å². The van der Waals surface area contributed by atoms with Crippen molar-refractivity contribution < 1.29 is 13.9 Å². The van der Waals surface area contributed by atoms with Crippen molar-refractivity contribution in [1.29, 1.82) is 0 Å². The van der Waals surface area contributed by atoms with Gasteiger partial charge in [-0.1, -0.05) is 12.5 Å². The molecule has 2 unspecified atom stereocenters. The van der Waals surface area contributed by atoms with Crippen LogP contribution < -0.4 is 15.4 Å². The van der Waals surface area contributed by atoms with Crippen LogP contribution in [-0.2, 0) is 0 Å². The number of benzene rings is 2. The van der Waals surface area contributed by atoms with E-state index in [0.29, 0.717) is 34.8 Å². The summed E-state index contributed by atoms with van der Waals surface area (Å²) in [6.07, 6.45) is 5.82. The average Bonchev–Trinajstić information content (AvgIpc) is 3.18. The van der Waals surface area contributed by atoms with Gasteiger partial charge in [-0.05, 0) is 69.1 Å². The van der Waals surface area contributed by atoms with E-state index in [0.717, 1.165) is 24.3 Å². The molecule has 2 N–H and O–H groups in total. The lowest BCUT2D eigenvalue weighted by atomic mass is 9.81. The number of rotatable bonds is 5. The van der Waals surface area contributed by atoms with Crippen LogP contribution in [0.4, 0.5) is 11.7 Å². The van der Waals surface area contributed by atoms with Gasteiger partial charge in [0, 0.05) is 23.8 Å². The molecule has 1 aromatic heterocycles. The molecule has 2 bridgehead atoms. The average molecular weight is 421 g/mol. The first-order chi connectivity index (χ1) is 15.0. The maximum absolute atomic E-state index is 11.9. The topological polar surface area (TPSA) is 84.8 Å². The highest BCUT2D eigenvalue weighted by atomic mass is 16.5. The first-order valence-electron chi connectivity index (χ1n) is 10.9. The molecule has 7 nitrogen and oxygen atoms in total. The zero-order chi connectivity index (χ0) is 21.5. The number of oxazole rings is 1. The molecule has 0 radical (unpaired) electrons. The van der Waals surface area contributed by atoms with E-state index < -0.39 is 5.91 Å². The Morgan fingerprint density at radius 1 is 1.16 bits per heavy atom. The van der Waals surface area contributed by atoms with Crippen molar-refractivity contribution in [1.82, 2.24) is 9.88 Å². The van der Waals surface area contributed by atoms with E-state index in [1.165, 1.54) is 19.3 Å². The zero-order valence-corrected chi connectivity index (χ0v) is 18.0. The van der Waals surface area contributed by atoms with Gasteiger partial charge in [0.1, 0.15) is 11.3 Å². The molecule has 0 saturated carbocycles. The van der Waals surface area contributed by atoms with Gasteiger partial charge in [0.2, 0.25) is 0 Å². The van der Waals surface area contributed by atoms with E-state index in [1.54, 1.807) is 19.2 Å². The van der Waals surface area contributed by atoms with Gasteiger partial charge in [-0.3, -0.25) is 9.69 Å². The molecule has 0 spiro atoms. The van der Waals surface area contributed by atoms with Crippen molar-refractivity contribution in [3.63, 3.8) is 0 Å². The molecule has 0 aliphatic carbocycles. The number of para-hydroxylation sites is 1. The molecule has 2 aromatic carbocycles. The van der Waals surface area contributed by atoms with Gasteiger partial charge in [-0.25, -0.2) is 0 Å². The Morgan fingerprint density at radius 2 is 1.87 bits per heavy atom. The third-order valence-electron chi connectivity index (χ3n) is 6.91. The second-order valence-electron chi connectivity index (χ2n) is 8.61. The molecule has 2 atom stereocenters. The minimum absolute atomic E-state index is 0.255. The molecular formula is C24H28N4O3. The minimum Gasteiger partial charge on any atom is -0.497 e. The lowest BCUT2D eigenvalue weighted by Gasteiger charge is -2.49. The summed E-state index contributed by atoms with van der Waals surface area (Å²) in [5, 5.41) is 0. The van der Waals surface area contributed by atoms with Crippen molar-refractivity contribution >= 4 is 28.7 Å². The predicted octanol–water partition coefficient (Wildman–Crippen LogP) is 4.09. The number of nitrogens with zero attached hydrogens (tertiary/aromatic N) is 3. The lowest BCUT2D eigenvalue weighted by molar-refractivity contribution is 0.0563. The fourth-order valence-corrected chi connectivity index (χ4v) is 5.26. The Labute approximate surface area is 181 Å². The van der Waals surface area contributed by atoms with E-state index in [1.807, 2.05) is 30.3 Å². The van der Waals surface area contributed by atoms with E-state index in [2.05, 4.69) is 16.8 Å². The smallest absolute Gasteiger partial charge is 0.303 e. The number of carbonyl (C=O) groups is 1. The Balaban J connectivity index is 1.59. The van der Waals surface area contributed by atoms with E-state index in [9.17, 15) is 4.79 Å². The number of primary amides is 1. The molecule has 3 heterocycles. The second kappa shape index (κ2) is 7.89. The number of carbonyl (C=O) groups excluding carboxylic acids is 1. The van der Waals surface area contributed by atoms with Crippen LogP contribution in [0.5, 0.6) is 5.75 Å². The monoisotopic (exact) mass is 420 g/mol. The van der Waals surface area contributed by atoms with Gasteiger partial charge in [0.25, 0.3) is 5.91 Å². The Hall–Kier alpha value is -3.06. The molecule has 7 heteroatoms. The minimum atomic E-state index is -0.504. The highest BCUT2D eigenvalue weighted by molar-refractivity contribution is 6.03. The largest absolute Gasteiger partial charge is 0.497 e. The third-order valence-corrected chi connectivity index (χ3v) is 6.91. The summed E-state index contributed by atoms with van der Waals surface area (Å²) in [6, 6.07) is 15.1. The van der Waals surface area contributed by atoms with Gasteiger partial charge < -0.3 is 19.8 Å². The van der Waals surface area contributed by atoms with Crippen LogP contribution in [0.15, 0.2) is 46.9 Å². The van der Waals surface area contributed by atoms with Crippen LogP contribution in [-0.4, -0.2) is 48.1 Å². The summed E-state index contributed by atoms with van der Waals surface area (Å²) in [5.74, 6) is 0.299. The molecule has 31 heavy (non-hydrogen) atoms. The van der Waals surface area contributed by atoms with Crippen LogP contribution in [0.3, 0.4) is 0 Å². The first kappa shape index (κ1) is 19.9. The number of hydrogen-bond acceptors (Lipinski definition) is 6. The molecule has 2 aliphatic heterocycles. The number of methoxy groups -OCH3 is 1. The summed E-state index contributed by atoms with van der Waals surface area (Å²) in [6.45, 7) is 0. The van der Waals surface area contributed by atoms with Crippen molar-refractivity contribution in [3.05, 3.63) is 48.0 Å².